The van der Waals surface area contributed by atoms with Gasteiger partial charge in [0.1, 0.15) is 5.82 Å². The molecule has 0 bridgehead atoms. The Labute approximate surface area is 120 Å². The molecule has 0 radical (unpaired) electrons. The maximum Gasteiger partial charge on any atom is 0.111 e. The molecule has 0 fully saturated rings. The predicted octanol–water partition coefficient (Wildman–Crippen LogP) is 3.08. The molecule has 0 aliphatic carbocycles. The molecule has 2 rings (SSSR count). The van der Waals surface area contributed by atoms with Gasteiger partial charge in [-0.25, -0.2) is 4.98 Å². The first-order chi connectivity index (χ1) is 9.02. The average molecular weight is 280 g/mol. The third-order valence-corrected chi connectivity index (χ3v) is 3.82. The molecule has 0 spiro atoms. The Morgan fingerprint density at radius 1 is 1.37 bits per heavy atom. The first-order valence-electron chi connectivity index (χ1n) is 6.71. The topological polar surface area (TPSA) is 21.1 Å². The number of aromatic nitrogens is 2. The second kappa shape index (κ2) is 5.93. The summed E-state index contributed by atoms with van der Waals surface area (Å²) in [6, 6.07) is 6.88. The molecule has 1 unspecified atom stereocenters. The van der Waals surface area contributed by atoms with Crippen molar-refractivity contribution >= 4 is 22.6 Å². The standard InChI is InChI=1S/C15H22ClN3/c1-11-5-6-13-14(9-11)19(10-12(2)18(3)4)15(17-13)7-8-16/h5-6,9,12H,7-8,10H2,1-4H3. The highest BCUT2D eigenvalue weighted by molar-refractivity contribution is 6.17. The minimum absolute atomic E-state index is 0.465. The van der Waals surface area contributed by atoms with E-state index in [2.05, 4.69) is 55.6 Å². The van der Waals surface area contributed by atoms with Gasteiger partial charge in [0.15, 0.2) is 0 Å². The van der Waals surface area contributed by atoms with Crippen LogP contribution in [0.25, 0.3) is 11.0 Å². The van der Waals surface area contributed by atoms with Crippen molar-refractivity contribution in [2.24, 2.45) is 0 Å². The Hall–Kier alpha value is -1.06. The van der Waals surface area contributed by atoms with E-state index in [1.807, 2.05) is 0 Å². The van der Waals surface area contributed by atoms with E-state index in [0.717, 1.165) is 24.3 Å². The highest BCUT2D eigenvalue weighted by atomic mass is 35.5. The Morgan fingerprint density at radius 3 is 2.74 bits per heavy atom. The SMILES string of the molecule is Cc1ccc2nc(CCCl)n(CC(C)N(C)C)c2c1. The molecular formula is C15H22ClN3. The normalized spacial score (nSPS) is 13.4. The summed E-state index contributed by atoms with van der Waals surface area (Å²) >= 11 is 5.90. The number of hydrogen-bond donors (Lipinski definition) is 0. The zero-order valence-corrected chi connectivity index (χ0v) is 12.9. The molecule has 1 heterocycles. The summed E-state index contributed by atoms with van der Waals surface area (Å²) in [6.07, 6.45) is 0.815. The van der Waals surface area contributed by atoms with Gasteiger partial charge in [-0.2, -0.15) is 0 Å². The first kappa shape index (κ1) is 14.4. The molecule has 104 valence electrons. The van der Waals surface area contributed by atoms with Crippen molar-refractivity contribution in [1.82, 2.24) is 14.5 Å². The average Bonchev–Trinajstić information content (AvgIpc) is 2.68. The van der Waals surface area contributed by atoms with E-state index in [4.69, 9.17) is 16.6 Å². The monoisotopic (exact) mass is 279 g/mol. The fourth-order valence-electron chi connectivity index (χ4n) is 2.19. The Bertz CT molecular complexity index is 560. The van der Waals surface area contributed by atoms with Gasteiger partial charge in [0.05, 0.1) is 11.0 Å². The van der Waals surface area contributed by atoms with Crippen LogP contribution >= 0.6 is 11.6 Å². The van der Waals surface area contributed by atoms with Gasteiger partial charge in [-0.15, -0.1) is 11.6 Å². The summed E-state index contributed by atoms with van der Waals surface area (Å²) < 4.78 is 2.31. The molecule has 3 nitrogen and oxygen atoms in total. The summed E-state index contributed by atoms with van der Waals surface area (Å²) in [5.74, 6) is 1.70. The number of halogens is 1. The predicted molar refractivity (Wildman–Crippen MR) is 82.0 cm³/mol. The molecule has 0 aliphatic rings. The minimum atomic E-state index is 0.465. The van der Waals surface area contributed by atoms with Gasteiger partial charge in [0, 0.05) is 24.9 Å². The fourth-order valence-corrected chi connectivity index (χ4v) is 2.36. The molecule has 4 heteroatoms. The summed E-state index contributed by atoms with van der Waals surface area (Å²) in [5.41, 5.74) is 3.55. The van der Waals surface area contributed by atoms with Gasteiger partial charge in [-0.05, 0) is 45.6 Å². The lowest BCUT2D eigenvalue weighted by molar-refractivity contribution is 0.284. The third kappa shape index (κ3) is 3.10. The minimum Gasteiger partial charge on any atom is -0.326 e. The fraction of sp³-hybridized carbons (Fsp3) is 0.533. The molecule has 2 aromatic rings. The largest absolute Gasteiger partial charge is 0.326 e. The lowest BCUT2D eigenvalue weighted by Crippen LogP contribution is -2.29. The van der Waals surface area contributed by atoms with Crippen LogP contribution in [0.5, 0.6) is 0 Å². The summed E-state index contributed by atoms with van der Waals surface area (Å²) in [5, 5.41) is 0. The maximum atomic E-state index is 5.90. The van der Waals surface area contributed by atoms with Crippen LogP contribution in [-0.4, -0.2) is 40.5 Å². The molecule has 1 atom stereocenters. The lowest BCUT2D eigenvalue weighted by atomic mass is 10.2. The molecular weight excluding hydrogens is 258 g/mol. The van der Waals surface area contributed by atoms with Gasteiger partial charge in [0.25, 0.3) is 0 Å². The second-order valence-electron chi connectivity index (χ2n) is 5.38. The number of benzene rings is 1. The van der Waals surface area contributed by atoms with E-state index < -0.39 is 0 Å². The molecule has 19 heavy (non-hydrogen) atoms. The lowest BCUT2D eigenvalue weighted by Gasteiger charge is -2.21. The number of alkyl halides is 1. The van der Waals surface area contributed by atoms with Crippen molar-refractivity contribution in [1.29, 1.82) is 0 Å². The van der Waals surface area contributed by atoms with Crippen molar-refractivity contribution in [2.75, 3.05) is 20.0 Å². The van der Waals surface area contributed by atoms with Crippen molar-refractivity contribution in [3.8, 4) is 0 Å². The number of aryl methyl sites for hydroxylation is 2. The smallest absolute Gasteiger partial charge is 0.111 e. The van der Waals surface area contributed by atoms with E-state index in [1.165, 1.54) is 11.1 Å². The van der Waals surface area contributed by atoms with Gasteiger partial charge >= 0.3 is 0 Å². The number of likely N-dealkylation sites (N-methyl/N-ethyl adjacent to an activating group) is 1. The van der Waals surface area contributed by atoms with E-state index in [0.29, 0.717) is 11.9 Å². The van der Waals surface area contributed by atoms with E-state index in [1.54, 1.807) is 0 Å². The second-order valence-corrected chi connectivity index (χ2v) is 5.76. The van der Waals surface area contributed by atoms with Crippen LogP contribution < -0.4 is 0 Å². The molecule has 1 aromatic carbocycles. The number of imidazole rings is 1. The van der Waals surface area contributed by atoms with Crippen LogP contribution in [0, 0.1) is 6.92 Å². The molecule has 0 aliphatic heterocycles. The van der Waals surface area contributed by atoms with Crippen LogP contribution in [0.2, 0.25) is 0 Å². The Kier molecular flexibility index (Phi) is 4.48. The third-order valence-electron chi connectivity index (χ3n) is 3.63. The number of nitrogens with zero attached hydrogens (tertiary/aromatic N) is 3. The first-order valence-corrected chi connectivity index (χ1v) is 7.24. The summed E-state index contributed by atoms with van der Waals surface area (Å²) in [4.78, 5) is 6.94. The highest BCUT2D eigenvalue weighted by Gasteiger charge is 2.14. The Balaban J connectivity index is 2.47. The van der Waals surface area contributed by atoms with Gasteiger partial charge < -0.3 is 9.47 Å². The Morgan fingerprint density at radius 2 is 2.11 bits per heavy atom. The quantitative estimate of drug-likeness (QED) is 0.785. The molecule has 0 saturated carbocycles. The van der Waals surface area contributed by atoms with Crippen LogP contribution in [0.3, 0.4) is 0 Å². The van der Waals surface area contributed by atoms with Crippen molar-refractivity contribution in [3.05, 3.63) is 29.6 Å². The van der Waals surface area contributed by atoms with Gasteiger partial charge in [0.2, 0.25) is 0 Å². The van der Waals surface area contributed by atoms with E-state index in [-0.39, 0.29) is 0 Å². The molecule has 0 amide bonds. The van der Waals surface area contributed by atoms with Crippen molar-refractivity contribution in [2.45, 2.75) is 32.9 Å². The molecule has 0 N–H and O–H groups in total. The van der Waals surface area contributed by atoms with Crippen LogP contribution in [0.15, 0.2) is 18.2 Å². The van der Waals surface area contributed by atoms with Crippen LogP contribution in [-0.2, 0) is 13.0 Å². The van der Waals surface area contributed by atoms with E-state index in [9.17, 15) is 0 Å². The zero-order chi connectivity index (χ0) is 14.0. The van der Waals surface area contributed by atoms with Crippen molar-refractivity contribution < 1.29 is 0 Å². The van der Waals surface area contributed by atoms with Crippen LogP contribution in [0.1, 0.15) is 18.3 Å². The number of hydrogen-bond acceptors (Lipinski definition) is 2. The molecule has 1 aromatic heterocycles. The van der Waals surface area contributed by atoms with Crippen LogP contribution in [0.4, 0.5) is 0 Å². The number of fused-ring (bicyclic) bond motifs is 1. The van der Waals surface area contributed by atoms with Gasteiger partial charge in [-0.1, -0.05) is 6.07 Å². The van der Waals surface area contributed by atoms with Gasteiger partial charge in [-0.3, -0.25) is 0 Å². The zero-order valence-electron chi connectivity index (χ0n) is 12.2. The van der Waals surface area contributed by atoms with Crippen molar-refractivity contribution in [3.63, 3.8) is 0 Å². The summed E-state index contributed by atoms with van der Waals surface area (Å²) in [7, 11) is 4.21. The highest BCUT2D eigenvalue weighted by Crippen LogP contribution is 2.19. The van der Waals surface area contributed by atoms with E-state index >= 15 is 0 Å². The maximum absolute atomic E-state index is 5.90. The number of rotatable bonds is 5. The summed E-state index contributed by atoms with van der Waals surface area (Å²) in [6.45, 7) is 5.29. The molecule has 0 saturated heterocycles.